The molecule has 6 aliphatic rings. The molecule has 0 unspecified atom stereocenters. The molecule has 2 aromatic heterocycles. The van der Waals surface area contributed by atoms with Gasteiger partial charge in [0.2, 0.25) is 23.5 Å². The minimum absolute atomic E-state index is 0.0139. The number of likely N-dealkylation sites (tertiary alicyclic amines) is 2. The molecule has 32 nitrogen and oxygen atoms in total. The number of aliphatic hydroxyl groups excluding tert-OH is 2. The second kappa shape index (κ2) is 42.7. The van der Waals surface area contributed by atoms with Crippen LogP contribution in [0.1, 0.15) is 259 Å². The maximum absolute atomic E-state index is 13.7. The van der Waals surface area contributed by atoms with E-state index in [4.69, 9.17) is 28.2 Å². The number of rotatable bonds is 19. The van der Waals surface area contributed by atoms with Gasteiger partial charge in [-0.15, -0.1) is 0 Å². The number of methoxy groups -OCH3 is 1. The average molecular weight is 1640 g/mol. The number of esters is 1. The summed E-state index contributed by atoms with van der Waals surface area (Å²) in [6.45, 7) is 24.3. The number of para-hydroxylation sites is 2. The molecule has 10 rings (SSSR count). The minimum Gasteiger partial charge on any atom is -0.480 e. The monoisotopic (exact) mass is 1640 g/mol. The maximum Gasteiger partial charge on any atom is 0.408 e. The first kappa shape index (κ1) is 94.6. The lowest BCUT2D eigenvalue weighted by atomic mass is 9.80. The molecule has 2 aromatic carbocycles. The number of ether oxygens (including phenoxy) is 3. The van der Waals surface area contributed by atoms with Crippen LogP contribution >= 0.6 is 0 Å². The smallest absolute Gasteiger partial charge is 0.408 e. The van der Waals surface area contributed by atoms with Crippen LogP contribution in [0.5, 0.6) is 0 Å². The third-order valence-corrected chi connectivity index (χ3v) is 22.2. The van der Waals surface area contributed by atoms with Crippen molar-refractivity contribution < 1.29 is 101 Å². The first-order valence-electron chi connectivity index (χ1n) is 41.6. The highest BCUT2D eigenvalue weighted by Crippen LogP contribution is 2.34. The number of benzene rings is 2. The Bertz CT molecular complexity index is 3960. The van der Waals surface area contributed by atoms with Gasteiger partial charge in [0.15, 0.2) is 11.5 Å². The second-order valence-electron chi connectivity index (χ2n) is 35.2. The molecule has 5 heterocycles. The number of carboxylic acids is 2. The van der Waals surface area contributed by atoms with Gasteiger partial charge in [0.1, 0.15) is 51.1 Å². The molecular weight excluding hydrogens is 1510 g/mol. The van der Waals surface area contributed by atoms with E-state index in [-0.39, 0.29) is 78.6 Å². The topological polar surface area (TPSA) is 454 Å². The van der Waals surface area contributed by atoms with Gasteiger partial charge in [-0.2, -0.15) is 0 Å². The lowest BCUT2D eigenvalue weighted by Gasteiger charge is -2.38. The summed E-state index contributed by atoms with van der Waals surface area (Å²) in [6, 6.07) is 12.7. The predicted octanol–water partition coefficient (Wildman–Crippen LogP) is 10.4. The third kappa shape index (κ3) is 28.1. The van der Waals surface area contributed by atoms with Crippen molar-refractivity contribution in [2.75, 3.05) is 26.7 Å². The number of furan rings is 2. The van der Waals surface area contributed by atoms with Crippen LogP contribution in [-0.4, -0.2) is 217 Å². The molecule has 0 radical (unpaired) electrons. The van der Waals surface area contributed by atoms with E-state index in [9.17, 15) is 72.9 Å². The summed E-state index contributed by atoms with van der Waals surface area (Å²) in [6.07, 6.45) is 12.0. The molecule has 32 heteroatoms. The van der Waals surface area contributed by atoms with Gasteiger partial charge < -0.3 is 101 Å². The van der Waals surface area contributed by atoms with Crippen LogP contribution in [0.3, 0.4) is 0 Å². The van der Waals surface area contributed by atoms with Gasteiger partial charge in [-0.3, -0.25) is 24.0 Å². The SMILES string of the molecule is CC(C)C[C@H](NC(=O)N1CC(=O)[C@@H](NC(=O)C2(NC(=O)c3cc4ccccc4o3)CCCCC2)CC[C@H]1C)C(=O)O.COC(=O)[C@H](CC(C)C)NC(=O)N1C[C@H](O)[C@@H](NC(=O)C2(NC(=O)OC(C)(C)C)CCCCC2)CC[C@H]1C.C[C@@H]1CC[C@H](NC(=O)C2(NC(=O)OC(C)(C)C)CCCCC2)[C@@H](O)CN1.O=C(O)c1cc2ccccc2o1. The maximum atomic E-state index is 13.7. The molecule has 3 aliphatic heterocycles. The summed E-state index contributed by atoms with van der Waals surface area (Å²) in [4.78, 5) is 155. The zero-order valence-electron chi connectivity index (χ0n) is 70.7. The molecule has 10 amide bonds. The summed E-state index contributed by atoms with van der Waals surface area (Å²) in [5.74, 6) is -4.19. The normalized spacial score (nSPS) is 23.1. The number of carbonyl (C=O) groups is 12. The van der Waals surface area contributed by atoms with Gasteiger partial charge in [0, 0.05) is 35.4 Å². The molecule has 6 fully saturated rings. The summed E-state index contributed by atoms with van der Waals surface area (Å²) < 4.78 is 26.4. The van der Waals surface area contributed by atoms with E-state index in [1.165, 1.54) is 23.0 Å². The number of aromatic carboxylic acids is 1. The highest BCUT2D eigenvalue weighted by atomic mass is 16.6. The van der Waals surface area contributed by atoms with Gasteiger partial charge >= 0.3 is 42.2 Å². The fourth-order valence-electron chi connectivity index (χ4n) is 15.7. The molecule has 0 spiro atoms. The number of nitrogens with zero attached hydrogens (tertiary/aromatic N) is 2. The molecule has 117 heavy (non-hydrogen) atoms. The van der Waals surface area contributed by atoms with Gasteiger partial charge in [0.05, 0.1) is 50.5 Å². The molecule has 3 aliphatic carbocycles. The fourth-order valence-corrected chi connectivity index (χ4v) is 15.7. The molecule has 3 saturated carbocycles. The Morgan fingerprint density at radius 2 is 0.957 bits per heavy atom. The fraction of sp³-hybridized carbons (Fsp3) is 0.671. The molecule has 13 N–H and O–H groups in total. The molecule has 650 valence electrons. The standard InChI is InChI=1S/C30H40N4O7.C27H48N4O7.C19H35N3O4.C9H6O3/c1-18(2)15-22(27(37)38)32-29(40)34-17-23(35)21(12-11-19(34)3)31-28(39)30(13-7-4-8-14-30)33-26(36)25-16-20-9-5-6-10-24(20)41-25;1-17(2)15-20(22(33)37-7)29-24(35)31-16-21(32)19(12-11-18(31)3)28-23(34)27(13-9-8-10-14-27)30-25(36)38-26(4,5)6;1-13-8-9-14(15(23)12-20-13)21-16(24)19(10-6-5-7-11-19)22-17(25)26-18(2,3)4;10-9(11)8-5-6-3-1-2-4-7(6)12-8/h5-6,9-10,16,18-19,21-22H,4,7-8,11-15,17H2,1-3H3,(H,31,39)(H,32,40)(H,33,36)(H,37,38);17-21,32H,8-16H2,1-7H3,(H,28,34)(H,29,35)(H,30,36);13-15,20,23H,5-12H2,1-4H3,(H,21,24)(H,22,25);1-5H,(H,10,11)/t19-,21+,22+;18-,19+,20+,21+;13-,14+,15+;/m111./s1. The number of hydrogen-bond acceptors (Lipinski definition) is 20. The Kier molecular flexibility index (Phi) is 34.5. The first-order chi connectivity index (χ1) is 55.0. The average Bonchev–Trinajstić information content (AvgIpc) is 1.63. The van der Waals surface area contributed by atoms with E-state index in [1.54, 1.807) is 72.7 Å². The molecular formula is C85H129N11O21. The zero-order chi connectivity index (χ0) is 86.3. The number of carbonyl (C=O) groups excluding carboxylic acids is 10. The van der Waals surface area contributed by atoms with E-state index >= 15 is 0 Å². The first-order valence-corrected chi connectivity index (χ1v) is 41.6. The number of carboxylic acid groups (broad SMARTS) is 2. The van der Waals surface area contributed by atoms with E-state index < -0.39 is 118 Å². The van der Waals surface area contributed by atoms with Gasteiger partial charge in [-0.25, -0.2) is 33.6 Å². The highest BCUT2D eigenvalue weighted by molar-refractivity contribution is 6.02. The van der Waals surface area contributed by atoms with Crippen molar-refractivity contribution in [3.05, 3.63) is 72.2 Å². The quantitative estimate of drug-likeness (QED) is 0.0306. The van der Waals surface area contributed by atoms with Crippen LogP contribution in [-0.2, 0) is 43.0 Å². The van der Waals surface area contributed by atoms with Gasteiger partial charge in [-0.05, 0) is 188 Å². The van der Waals surface area contributed by atoms with E-state index in [1.807, 2.05) is 65.0 Å². The van der Waals surface area contributed by atoms with Crippen LogP contribution in [0.2, 0.25) is 0 Å². The van der Waals surface area contributed by atoms with Crippen molar-refractivity contribution in [1.82, 2.24) is 57.7 Å². The Morgan fingerprint density at radius 1 is 0.538 bits per heavy atom. The lowest BCUT2D eigenvalue weighted by molar-refractivity contribution is -0.143. The number of hydrogen-bond donors (Lipinski definition) is 13. The summed E-state index contributed by atoms with van der Waals surface area (Å²) in [5.41, 5.74) is -3.38. The minimum atomic E-state index is -1.19. The van der Waals surface area contributed by atoms with E-state index in [0.29, 0.717) is 101 Å². The van der Waals surface area contributed by atoms with Crippen LogP contribution in [0.25, 0.3) is 21.9 Å². The van der Waals surface area contributed by atoms with Crippen molar-refractivity contribution in [3.8, 4) is 0 Å². The Morgan fingerprint density at radius 3 is 1.43 bits per heavy atom. The number of amides is 10. The van der Waals surface area contributed by atoms with Crippen molar-refractivity contribution in [2.24, 2.45) is 11.8 Å². The number of Topliss-reactive ketones (excluding diaryl/α,β-unsaturated/α-hetero) is 1. The molecule has 0 bridgehead atoms. The summed E-state index contributed by atoms with van der Waals surface area (Å²) in [5, 5.41) is 67.1. The van der Waals surface area contributed by atoms with Crippen molar-refractivity contribution >= 4 is 93.5 Å². The van der Waals surface area contributed by atoms with Gasteiger partial charge in [0.25, 0.3) is 5.91 Å². The number of aliphatic carboxylic acids is 1. The highest BCUT2D eigenvalue weighted by Gasteiger charge is 2.48. The van der Waals surface area contributed by atoms with E-state index in [0.717, 1.165) is 75.0 Å². The number of β-amino-alcohol motifs (C(OH)–C–C–N with tert-alkyl or cyclic N) is 2. The Labute approximate surface area is 686 Å². The Hall–Kier alpha value is -9.56. The largest absolute Gasteiger partial charge is 0.480 e. The van der Waals surface area contributed by atoms with Crippen LogP contribution in [0, 0.1) is 11.8 Å². The van der Waals surface area contributed by atoms with Crippen LogP contribution < -0.4 is 47.9 Å². The number of aliphatic hydroxyl groups is 2. The van der Waals surface area contributed by atoms with Gasteiger partial charge in [-0.1, -0.05) is 122 Å². The van der Waals surface area contributed by atoms with Crippen LogP contribution in [0.4, 0.5) is 19.2 Å². The molecule has 10 atom stereocenters. The number of urea groups is 2. The number of nitrogens with one attached hydrogen (secondary N) is 9. The Balaban J connectivity index is 0.000000230. The summed E-state index contributed by atoms with van der Waals surface area (Å²) in [7, 11) is 1.28. The number of fused-ring (bicyclic) bond motifs is 2. The zero-order valence-corrected chi connectivity index (χ0v) is 70.7. The lowest BCUT2D eigenvalue weighted by Crippen LogP contribution is -2.63. The number of alkyl carbamates (subject to hydrolysis) is 2. The van der Waals surface area contributed by atoms with Crippen LogP contribution in [0.15, 0.2) is 69.5 Å². The molecule has 4 aromatic rings. The molecule has 3 saturated heterocycles. The van der Waals surface area contributed by atoms with Crippen molar-refractivity contribution in [3.63, 3.8) is 0 Å². The van der Waals surface area contributed by atoms with Crippen molar-refractivity contribution in [2.45, 2.75) is 326 Å². The summed E-state index contributed by atoms with van der Waals surface area (Å²) >= 11 is 0. The third-order valence-electron chi connectivity index (χ3n) is 22.2. The van der Waals surface area contributed by atoms with E-state index in [2.05, 4.69) is 54.8 Å². The second-order valence-corrected chi connectivity index (χ2v) is 35.2. The predicted molar refractivity (Wildman–Crippen MR) is 437 cm³/mol. The van der Waals surface area contributed by atoms with Crippen molar-refractivity contribution in [1.29, 1.82) is 0 Å². The number of ketones is 1.